The predicted molar refractivity (Wildman–Crippen MR) is 94.3 cm³/mol. The molecule has 2 nitrogen and oxygen atoms in total. The normalized spacial score (nSPS) is 12.6. The highest BCUT2D eigenvalue weighted by Crippen LogP contribution is 2.33. The number of halogens is 3. The summed E-state index contributed by atoms with van der Waals surface area (Å²) in [4.78, 5) is 0. The molecular weight excluding hydrogens is 427 g/mol. The lowest BCUT2D eigenvalue weighted by atomic mass is 9.82. The summed E-state index contributed by atoms with van der Waals surface area (Å²) >= 11 is 13.0. The number of hydrogen-bond acceptors (Lipinski definition) is 2. The summed E-state index contributed by atoms with van der Waals surface area (Å²) in [5, 5.41) is 2.09. The maximum atomic E-state index is 11.9. The van der Waals surface area contributed by atoms with Crippen molar-refractivity contribution in [3.8, 4) is 0 Å². The summed E-state index contributed by atoms with van der Waals surface area (Å²) < 4.78 is 23.9. The molecule has 0 atom stereocenters. The average molecular weight is 447 g/mol. The fourth-order valence-electron chi connectivity index (χ4n) is 2.04. The number of benzene rings is 1. The van der Waals surface area contributed by atoms with E-state index in [9.17, 15) is 8.42 Å². The number of sulfone groups is 1. The van der Waals surface area contributed by atoms with Crippen LogP contribution in [-0.2, 0) is 15.3 Å². The Labute approximate surface area is 143 Å². The van der Waals surface area contributed by atoms with E-state index in [1.807, 2.05) is 31.2 Å². The van der Waals surface area contributed by atoms with Crippen LogP contribution in [0.5, 0.6) is 0 Å². The van der Waals surface area contributed by atoms with Gasteiger partial charge in [-0.3, -0.25) is 0 Å². The number of hydrogen-bond donors (Lipinski definition) is 0. The first-order valence-corrected chi connectivity index (χ1v) is 10.9. The van der Waals surface area contributed by atoms with E-state index in [0.29, 0.717) is 28.5 Å². The smallest absolute Gasteiger partial charge is 0.150 e. The molecule has 0 heterocycles. The molecule has 6 heteroatoms. The largest absolute Gasteiger partial charge is 0.229 e. The van der Waals surface area contributed by atoms with Crippen molar-refractivity contribution < 1.29 is 8.42 Å². The molecule has 20 heavy (non-hydrogen) atoms. The molecule has 0 spiro atoms. The molecule has 0 amide bonds. The van der Waals surface area contributed by atoms with Crippen LogP contribution in [0.1, 0.15) is 25.3 Å². The second-order valence-corrected chi connectivity index (χ2v) is 8.82. The first-order valence-electron chi connectivity index (χ1n) is 6.47. The summed E-state index contributed by atoms with van der Waals surface area (Å²) in [6.45, 7) is 1.89. The molecule has 1 rings (SSSR count). The van der Waals surface area contributed by atoms with E-state index in [-0.39, 0.29) is 16.9 Å². The molecule has 1 aromatic rings. The Hall–Kier alpha value is 0.420. The van der Waals surface area contributed by atoms with E-state index >= 15 is 0 Å². The van der Waals surface area contributed by atoms with Gasteiger partial charge in [0.15, 0.2) is 0 Å². The van der Waals surface area contributed by atoms with Crippen LogP contribution in [0.4, 0.5) is 0 Å². The standard InChI is InChI=1S/C14H19Br2ClO2S/c1-2-8-20(18,19)9-7-14(10-15,11-16)12-3-5-13(17)6-4-12/h3-6H,2,7-11H2,1H3. The van der Waals surface area contributed by atoms with E-state index in [4.69, 9.17) is 11.6 Å². The number of alkyl halides is 2. The Morgan fingerprint density at radius 1 is 1.10 bits per heavy atom. The van der Waals surface area contributed by atoms with E-state index in [1.165, 1.54) is 0 Å². The molecule has 0 aliphatic carbocycles. The predicted octanol–water partition coefficient (Wildman–Crippen LogP) is 4.58. The van der Waals surface area contributed by atoms with Gasteiger partial charge in [-0.25, -0.2) is 8.42 Å². The zero-order chi connectivity index (χ0) is 15.2. The van der Waals surface area contributed by atoms with Crippen LogP contribution in [0, 0.1) is 0 Å². The Morgan fingerprint density at radius 3 is 2.10 bits per heavy atom. The second kappa shape index (κ2) is 8.16. The van der Waals surface area contributed by atoms with Crippen LogP contribution >= 0.6 is 43.5 Å². The van der Waals surface area contributed by atoms with Gasteiger partial charge in [0.1, 0.15) is 9.84 Å². The molecule has 0 saturated heterocycles. The minimum atomic E-state index is -2.97. The first-order chi connectivity index (χ1) is 9.39. The van der Waals surface area contributed by atoms with E-state index < -0.39 is 9.84 Å². The van der Waals surface area contributed by atoms with Gasteiger partial charge < -0.3 is 0 Å². The topological polar surface area (TPSA) is 34.1 Å². The third-order valence-electron chi connectivity index (χ3n) is 3.37. The molecule has 0 aliphatic heterocycles. The fourth-order valence-corrected chi connectivity index (χ4v) is 5.83. The fraction of sp³-hybridized carbons (Fsp3) is 0.571. The maximum Gasteiger partial charge on any atom is 0.150 e. The third kappa shape index (κ3) is 5.00. The summed E-state index contributed by atoms with van der Waals surface area (Å²) in [5.74, 6) is 0.467. The zero-order valence-corrected chi connectivity index (χ0v) is 16.2. The van der Waals surface area contributed by atoms with Gasteiger partial charge in [-0.1, -0.05) is 62.5 Å². The quantitative estimate of drug-likeness (QED) is 0.548. The van der Waals surface area contributed by atoms with E-state index in [0.717, 1.165) is 5.56 Å². The third-order valence-corrected chi connectivity index (χ3v) is 7.63. The zero-order valence-electron chi connectivity index (χ0n) is 11.4. The monoisotopic (exact) mass is 444 g/mol. The highest BCUT2D eigenvalue weighted by Gasteiger charge is 2.31. The Balaban J connectivity index is 2.95. The van der Waals surface area contributed by atoms with Crippen LogP contribution in [0.3, 0.4) is 0 Å². The maximum absolute atomic E-state index is 11.9. The first kappa shape index (κ1) is 18.5. The van der Waals surface area contributed by atoms with Crippen molar-refractivity contribution in [1.82, 2.24) is 0 Å². The van der Waals surface area contributed by atoms with Crippen LogP contribution < -0.4 is 0 Å². The molecular formula is C14H19Br2ClO2S. The lowest BCUT2D eigenvalue weighted by Gasteiger charge is -2.30. The summed E-state index contributed by atoms with van der Waals surface area (Å²) in [5.41, 5.74) is 0.869. The molecule has 1 aromatic carbocycles. The van der Waals surface area contributed by atoms with Crippen LogP contribution in [0.2, 0.25) is 5.02 Å². The van der Waals surface area contributed by atoms with Gasteiger partial charge in [0.2, 0.25) is 0 Å². The van der Waals surface area contributed by atoms with Crippen LogP contribution in [0.15, 0.2) is 24.3 Å². The molecule has 0 radical (unpaired) electrons. The molecule has 0 unspecified atom stereocenters. The Kier molecular flexibility index (Phi) is 7.53. The molecule has 0 aromatic heterocycles. The minimum absolute atomic E-state index is 0.209. The Morgan fingerprint density at radius 2 is 1.65 bits per heavy atom. The van der Waals surface area contributed by atoms with Gasteiger partial charge in [0, 0.05) is 26.9 Å². The summed E-state index contributed by atoms with van der Waals surface area (Å²) in [6, 6.07) is 7.63. The van der Waals surface area contributed by atoms with Gasteiger partial charge in [-0.05, 0) is 30.5 Å². The lowest BCUT2D eigenvalue weighted by Crippen LogP contribution is -2.33. The van der Waals surface area contributed by atoms with Crippen LogP contribution in [0.25, 0.3) is 0 Å². The van der Waals surface area contributed by atoms with Gasteiger partial charge in [-0.2, -0.15) is 0 Å². The van der Waals surface area contributed by atoms with Crippen molar-refractivity contribution >= 4 is 53.3 Å². The van der Waals surface area contributed by atoms with Crippen molar-refractivity contribution in [2.75, 3.05) is 22.2 Å². The highest BCUT2D eigenvalue weighted by atomic mass is 79.9. The van der Waals surface area contributed by atoms with E-state index in [1.54, 1.807) is 0 Å². The van der Waals surface area contributed by atoms with Crippen molar-refractivity contribution in [3.63, 3.8) is 0 Å². The van der Waals surface area contributed by atoms with Crippen molar-refractivity contribution in [2.45, 2.75) is 25.2 Å². The van der Waals surface area contributed by atoms with Gasteiger partial charge in [-0.15, -0.1) is 0 Å². The average Bonchev–Trinajstić information content (AvgIpc) is 2.42. The summed E-state index contributed by atoms with van der Waals surface area (Å²) in [6.07, 6.45) is 1.26. The molecule has 0 saturated carbocycles. The lowest BCUT2D eigenvalue weighted by molar-refractivity contribution is 0.523. The van der Waals surface area contributed by atoms with E-state index in [2.05, 4.69) is 31.9 Å². The van der Waals surface area contributed by atoms with Gasteiger partial charge in [0.05, 0.1) is 5.75 Å². The van der Waals surface area contributed by atoms with Crippen molar-refractivity contribution in [2.24, 2.45) is 0 Å². The SMILES string of the molecule is CCCS(=O)(=O)CCC(CBr)(CBr)c1ccc(Cl)cc1. The highest BCUT2D eigenvalue weighted by molar-refractivity contribution is 9.09. The molecule has 0 aliphatic rings. The minimum Gasteiger partial charge on any atom is -0.229 e. The van der Waals surface area contributed by atoms with Crippen molar-refractivity contribution in [1.29, 1.82) is 0 Å². The second-order valence-electron chi connectivity index (χ2n) is 4.96. The molecule has 0 N–H and O–H groups in total. The van der Waals surface area contributed by atoms with Crippen LogP contribution in [-0.4, -0.2) is 30.6 Å². The molecule has 0 fully saturated rings. The van der Waals surface area contributed by atoms with Gasteiger partial charge >= 0.3 is 0 Å². The van der Waals surface area contributed by atoms with Crippen molar-refractivity contribution in [3.05, 3.63) is 34.9 Å². The molecule has 0 bridgehead atoms. The number of rotatable bonds is 8. The van der Waals surface area contributed by atoms with Gasteiger partial charge in [0.25, 0.3) is 0 Å². The molecule has 114 valence electrons. The Bertz CT molecular complexity index is 510. The summed E-state index contributed by atoms with van der Waals surface area (Å²) in [7, 11) is -2.97.